The molecular formula is C15H16N6O2. The maximum atomic E-state index is 11.3. The molecule has 1 aromatic carbocycles. The first-order valence-electron chi connectivity index (χ1n) is 7.52. The van der Waals surface area contributed by atoms with Gasteiger partial charge >= 0.3 is 5.82 Å². The zero-order valence-electron chi connectivity index (χ0n) is 12.6. The van der Waals surface area contributed by atoms with Crippen molar-refractivity contribution in [3.63, 3.8) is 0 Å². The molecule has 0 radical (unpaired) electrons. The molecule has 1 fully saturated rings. The zero-order chi connectivity index (χ0) is 16.0. The fraction of sp³-hybridized carbons (Fsp3) is 0.333. The van der Waals surface area contributed by atoms with E-state index >= 15 is 0 Å². The average Bonchev–Trinajstić information content (AvgIpc) is 3.22. The van der Waals surface area contributed by atoms with Gasteiger partial charge in [0.25, 0.3) is 0 Å². The van der Waals surface area contributed by atoms with Crippen LogP contribution in [0.1, 0.15) is 24.7 Å². The molecule has 2 aromatic heterocycles. The number of nitro groups is 1. The Morgan fingerprint density at radius 1 is 1.39 bits per heavy atom. The van der Waals surface area contributed by atoms with Crippen molar-refractivity contribution in [3.05, 3.63) is 46.5 Å². The first kappa shape index (κ1) is 13.7. The van der Waals surface area contributed by atoms with Crippen LogP contribution in [-0.2, 0) is 7.05 Å². The second-order valence-electron chi connectivity index (χ2n) is 5.75. The van der Waals surface area contributed by atoms with E-state index in [0.29, 0.717) is 5.82 Å². The van der Waals surface area contributed by atoms with Crippen molar-refractivity contribution >= 4 is 22.7 Å². The van der Waals surface area contributed by atoms with Crippen molar-refractivity contribution in [1.82, 2.24) is 19.5 Å². The van der Waals surface area contributed by atoms with Gasteiger partial charge in [0.05, 0.1) is 17.1 Å². The van der Waals surface area contributed by atoms with Gasteiger partial charge in [-0.3, -0.25) is 4.57 Å². The van der Waals surface area contributed by atoms with E-state index in [1.54, 1.807) is 11.6 Å². The van der Waals surface area contributed by atoms with Crippen LogP contribution < -0.4 is 4.90 Å². The minimum Gasteiger partial charge on any atom is -0.358 e. The molecule has 0 spiro atoms. The Kier molecular flexibility index (Phi) is 3.03. The molecule has 8 heteroatoms. The fourth-order valence-corrected chi connectivity index (χ4v) is 3.31. The predicted octanol–water partition coefficient (Wildman–Crippen LogP) is 2.55. The van der Waals surface area contributed by atoms with Gasteiger partial charge in [-0.25, -0.2) is 4.98 Å². The Hall–Kier alpha value is -2.90. The van der Waals surface area contributed by atoms with Crippen LogP contribution in [0, 0.1) is 10.1 Å². The first-order chi connectivity index (χ1) is 11.1. The third-order valence-electron chi connectivity index (χ3n) is 4.31. The minimum absolute atomic E-state index is 0.00324. The number of nitrogens with one attached hydrogen (secondary N) is 1. The first-order valence-corrected chi connectivity index (χ1v) is 7.52. The van der Waals surface area contributed by atoms with Gasteiger partial charge in [0.15, 0.2) is 0 Å². The summed E-state index contributed by atoms with van der Waals surface area (Å²) in [7, 11) is 1.78. The maximum absolute atomic E-state index is 11.3. The maximum Gasteiger partial charge on any atom is 0.406 e. The number of hydrogen-bond donors (Lipinski definition) is 1. The smallest absolute Gasteiger partial charge is 0.358 e. The molecular weight excluding hydrogens is 296 g/mol. The van der Waals surface area contributed by atoms with Crippen molar-refractivity contribution in [2.45, 2.75) is 18.9 Å². The third-order valence-corrected chi connectivity index (χ3v) is 4.31. The van der Waals surface area contributed by atoms with E-state index < -0.39 is 4.92 Å². The summed E-state index contributed by atoms with van der Waals surface area (Å²) in [6, 6.07) is 7.85. The average molecular weight is 312 g/mol. The Morgan fingerprint density at radius 3 is 3.00 bits per heavy atom. The lowest BCUT2D eigenvalue weighted by Gasteiger charge is -2.24. The van der Waals surface area contributed by atoms with Gasteiger partial charge in [0.1, 0.15) is 5.82 Å². The summed E-state index contributed by atoms with van der Waals surface area (Å²) >= 11 is 0. The van der Waals surface area contributed by atoms with Crippen LogP contribution in [0.5, 0.6) is 0 Å². The molecule has 0 saturated carbocycles. The molecule has 0 bridgehead atoms. The van der Waals surface area contributed by atoms with Gasteiger partial charge < -0.3 is 20.0 Å². The molecule has 1 unspecified atom stereocenters. The SMILES string of the molecule is Cn1cnc([N+](=O)[O-])c1N1CCCC1c1nc2ccccc2[nH]1. The second-order valence-corrected chi connectivity index (χ2v) is 5.75. The van der Waals surface area contributed by atoms with Gasteiger partial charge in [-0.2, -0.15) is 0 Å². The van der Waals surface area contributed by atoms with Crippen molar-refractivity contribution < 1.29 is 4.92 Å². The van der Waals surface area contributed by atoms with E-state index in [1.807, 2.05) is 29.2 Å². The van der Waals surface area contributed by atoms with E-state index in [-0.39, 0.29) is 11.9 Å². The summed E-state index contributed by atoms with van der Waals surface area (Å²) in [5.74, 6) is 1.28. The van der Waals surface area contributed by atoms with Gasteiger partial charge in [0, 0.05) is 13.6 Å². The summed E-state index contributed by atoms with van der Waals surface area (Å²) in [6.07, 6.45) is 3.35. The van der Waals surface area contributed by atoms with Gasteiger partial charge in [0.2, 0.25) is 12.1 Å². The van der Waals surface area contributed by atoms with Crippen LogP contribution in [0.15, 0.2) is 30.6 Å². The number of hydrogen-bond acceptors (Lipinski definition) is 5. The van der Waals surface area contributed by atoms with Crippen LogP contribution in [0.3, 0.4) is 0 Å². The Labute approximate surface area is 131 Å². The number of anilines is 1. The Balaban J connectivity index is 1.77. The molecule has 118 valence electrons. The number of aromatic nitrogens is 4. The topological polar surface area (TPSA) is 92.9 Å². The number of aromatic amines is 1. The molecule has 4 rings (SSSR count). The second kappa shape index (κ2) is 5.08. The molecule has 0 aliphatic carbocycles. The summed E-state index contributed by atoms with van der Waals surface area (Å²) in [5, 5.41) is 11.3. The molecule has 1 aliphatic heterocycles. The number of imidazole rings is 2. The molecule has 0 amide bonds. The van der Waals surface area contributed by atoms with Crippen LogP contribution in [0.25, 0.3) is 11.0 Å². The highest BCUT2D eigenvalue weighted by Crippen LogP contribution is 2.39. The Morgan fingerprint density at radius 2 is 2.22 bits per heavy atom. The third kappa shape index (κ3) is 2.14. The molecule has 3 heterocycles. The van der Waals surface area contributed by atoms with Gasteiger partial charge in [-0.05, 0) is 34.9 Å². The number of benzene rings is 1. The molecule has 23 heavy (non-hydrogen) atoms. The summed E-state index contributed by atoms with van der Waals surface area (Å²) in [6.45, 7) is 0.752. The zero-order valence-corrected chi connectivity index (χ0v) is 12.6. The van der Waals surface area contributed by atoms with Crippen molar-refractivity contribution in [2.24, 2.45) is 7.05 Å². The highest BCUT2D eigenvalue weighted by atomic mass is 16.6. The molecule has 1 aliphatic rings. The number of H-pyrrole nitrogens is 1. The minimum atomic E-state index is -0.427. The monoisotopic (exact) mass is 312 g/mol. The fourth-order valence-electron chi connectivity index (χ4n) is 3.31. The lowest BCUT2D eigenvalue weighted by molar-refractivity contribution is -0.388. The van der Waals surface area contributed by atoms with Gasteiger partial charge in [-0.15, -0.1) is 0 Å². The predicted molar refractivity (Wildman–Crippen MR) is 85.3 cm³/mol. The Bertz CT molecular complexity index is 850. The highest BCUT2D eigenvalue weighted by molar-refractivity contribution is 5.75. The van der Waals surface area contributed by atoms with E-state index in [2.05, 4.69) is 15.0 Å². The number of aryl methyl sites for hydroxylation is 1. The summed E-state index contributed by atoms with van der Waals surface area (Å²) in [4.78, 5) is 24.8. The number of fused-ring (bicyclic) bond motifs is 1. The standard InChI is InChI=1S/C15H16N6O2/c1-19-9-16-14(21(22)23)15(19)20-8-4-7-12(20)13-17-10-5-2-3-6-11(10)18-13/h2-3,5-6,9,12H,4,7-8H2,1H3,(H,17,18). The van der Waals surface area contributed by atoms with Crippen molar-refractivity contribution in [1.29, 1.82) is 0 Å². The molecule has 1 atom stereocenters. The van der Waals surface area contributed by atoms with Gasteiger partial charge in [-0.1, -0.05) is 12.1 Å². The summed E-state index contributed by atoms with van der Waals surface area (Å²) in [5.41, 5.74) is 1.89. The van der Waals surface area contributed by atoms with Crippen LogP contribution in [0.2, 0.25) is 0 Å². The quantitative estimate of drug-likeness (QED) is 0.592. The lowest BCUT2D eigenvalue weighted by atomic mass is 10.2. The molecule has 1 saturated heterocycles. The molecule has 8 nitrogen and oxygen atoms in total. The van der Waals surface area contributed by atoms with Crippen LogP contribution in [-0.4, -0.2) is 31.0 Å². The number of nitrogens with zero attached hydrogens (tertiary/aromatic N) is 5. The van der Waals surface area contributed by atoms with E-state index in [4.69, 9.17) is 0 Å². The van der Waals surface area contributed by atoms with E-state index in [9.17, 15) is 10.1 Å². The highest BCUT2D eigenvalue weighted by Gasteiger charge is 2.35. The van der Waals surface area contributed by atoms with Crippen LogP contribution in [0.4, 0.5) is 11.6 Å². The van der Waals surface area contributed by atoms with Crippen molar-refractivity contribution in [3.8, 4) is 0 Å². The lowest BCUT2D eigenvalue weighted by Crippen LogP contribution is -2.26. The number of rotatable bonds is 3. The largest absolute Gasteiger partial charge is 0.406 e. The molecule has 1 N–H and O–H groups in total. The van der Waals surface area contributed by atoms with Crippen molar-refractivity contribution in [2.75, 3.05) is 11.4 Å². The molecule has 3 aromatic rings. The summed E-state index contributed by atoms with van der Waals surface area (Å²) < 4.78 is 1.71. The number of para-hydroxylation sites is 2. The van der Waals surface area contributed by atoms with E-state index in [1.165, 1.54) is 6.33 Å². The van der Waals surface area contributed by atoms with Crippen LogP contribution >= 0.6 is 0 Å². The van der Waals surface area contributed by atoms with E-state index in [0.717, 1.165) is 36.2 Å². The normalized spacial score (nSPS) is 18.0.